The lowest BCUT2D eigenvalue weighted by atomic mass is 10.0. The molecule has 1 rings (SSSR count). The zero-order valence-electron chi connectivity index (χ0n) is 9.97. The van der Waals surface area contributed by atoms with Crippen molar-refractivity contribution in [1.29, 1.82) is 0 Å². The van der Waals surface area contributed by atoms with Crippen molar-refractivity contribution in [3.63, 3.8) is 0 Å². The average Bonchev–Trinajstić information content (AvgIpc) is 2.22. The predicted octanol–water partition coefficient (Wildman–Crippen LogP) is 3.45. The molecule has 0 aliphatic rings. The number of carbonyl (C=O) groups is 1. The lowest BCUT2D eigenvalue weighted by molar-refractivity contribution is -0.143. The minimum Gasteiger partial charge on any atom is -0.466 e. The Morgan fingerprint density at radius 2 is 2.00 bits per heavy atom. The number of hydrogen-bond acceptors (Lipinski definition) is 2. The van der Waals surface area contributed by atoms with E-state index >= 15 is 0 Å². The first-order chi connectivity index (χ1) is 7.54. The van der Waals surface area contributed by atoms with E-state index in [1.807, 2.05) is 32.9 Å². The molecule has 1 aromatic rings. The van der Waals surface area contributed by atoms with Crippen LogP contribution in [0.1, 0.15) is 30.0 Å². The lowest BCUT2D eigenvalue weighted by Crippen LogP contribution is -2.06. The van der Waals surface area contributed by atoms with E-state index < -0.39 is 0 Å². The van der Waals surface area contributed by atoms with E-state index in [0.29, 0.717) is 19.4 Å². The van der Waals surface area contributed by atoms with E-state index in [0.717, 1.165) is 21.7 Å². The van der Waals surface area contributed by atoms with Gasteiger partial charge in [0, 0.05) is 11.4 Å². The molecule has 0 atom stereocenters. The number of esters is 1. The van der Waals surface area contributed by atoms with Gasteiger partial charge in [0.25, 0.3) is 0 Å². The lowest BCUT2D eigenvalue weighted by Gasteiger charge is -2.08. The Morgan fingerprint density at radius 1 is 1.31 bits per heavy atom. The van der Waals surface area contributed by atoms with Crippen molar-refractivity contribution < 1.29 is 9.53 Å². The van der Waals surface area contributed by atoms with Crippen molar-refractivity contribution in [2.45, 2.75) is 33.6 Å². The van der Waals surface area contributed by atoms with Gasteiger partial charge < -0.3 is 4.74 Å². The third kappa shape index (κ3) is 3.53. The monoisotopic (exact) mass is 240 g/mol. The van der Waals surface area contributed by atoms with Gasteiger partial charge in [0.1, 0.15) is 0 Å². The zero-order valence-corrected chi connectivity index (χ0v) is 10.7. The molecule has 0 fully saturated rings. The predicted molar refractivity (Wildman–Crippen MR) is 65.9 cm³/mol. The van der Waals surface area contributed by atoms with Gasteiger partial charge in [-0.1, -0.05) is 17.7 Å². The Labute approximate surface area is 102 Å². The molecule has 0 aliphatic heterocycles. The number of aryl methyl sites for hydroxylation is 3. The molecule has 88 valence electrons. The van der Waals surface area contributed by atoms with Gasteiger partial charge in [-0.3, -0.25) is 4.79 Å². The summed E-state index contributed by atoms with van der Waals surface area (Å²) in [5.41, 5.74) is 3.33. The van der Waals surface area contributed by atoms with Crippen molar-refractivity contribution >= 4 is 17.6 Å². The largest absolute Gasteiger partial charge is 0.466 e. The van der Waals surface area contributed by atoms with Gasteiger partial charge in [-0.2, -0.15) is 0 Å². The second kappa shape index (κ2) is 5.90. The molecule has 2 nitrogen and oxygen atoms in total. The summed E-state index contributed by atoms with van der Waals surface area (Å²) in [5.74, 6) is -0.144. The summed E-state index contributed by atoms with van der Waals surface area (Å²) >= 11 is 6.01. The SMILES string of the molecule is CCOC(=O)CCc1cc(C)c(Cl)cc1C. The zero-order chi connectivity index (χ0) is 12.1. The second-order valence-corrected chi connectivity index (χ2v) is 4.24. The summed E-state index contributed by atoms with van der Waals surface area (Å²) in [5, 5.41) is 0.775. The molecule has 0 radical (unpaired) electrons. The van der Waals surface area contributed by atoms with Gasteiger partial charge in [-0.25, -0.2) is 0 Å². The van der Waals surface area contributed by atoms with Crippen LogP contribution in [0.4, 0.5) is 0 Å². The van der Waals surface area contributed by atoms with Crippen molar-refractivity contribution in [3.05, 3.63) is 33.8 Å². The summed E-state index contributed by atoms with van der Waals surface area (Å²) in [6.07, 6.45) is 1.14. The Morgan fingerprint density at radius 3 is 2.62 bits per heavy atom. The number of hydrogen-bond donors (Lipinski definition) is 0. The van der Waals surface area contributed by atoms with E-state index in [-0.39, 0.29) is 5.97 Å². The molecule has 0 heterocycles. The molecule has 0 aliphatic carbocycles. The normalized spacial score (nSPS) is 10.2. The van der Waals surface area contributed by atoms with Crippen LogP contribution in [0.15, 0.2) is 12.1 Å². The Hall–Kier alpha value is -1.02. The highest BCUT2D eigenvalue weighted by Gasteiger charge is 2.06. The molecular formula is C13H17ClO2. The topological polar surface area (TPSA) is 26.3 Å². The molecular weight excluding hydrogens is 224 g/mol. The van der Waals surface area contributed by atoms with Crippen molar-refractivity contribution in [3.8, 4) is 0 Å². The highest BCUT2D eigenvalue weighted by Crippen LogP contribution is 2.21. The van der Waals surface area contributed by atoms with Gasteiger partial charge >= 0.3 is 5.97 Å². The standard InChI is InChI=1S/C13H17ClO2/c1-4-16-13(15)6-5-11-7-10(3)12(14)8-9(11)2/h7-8H,4-6H2,1-3H3. The Bertz CT molecular complexity index is 386. The Kier molecular flexibility index (Phi) is 4.81. The maximum atomic E-state index is 11.2. The number of rotatable bonds is 4. The van der Waals surface area contributed by atoms with Crippen LogP contribution >= 0.6 is 11.6 Å². The van der Waals surface area contributed by atoms with Gasteiger partial charge in [0.15, 0.2) is 0 Å². The summed E-state index contributed by atoms with van der Waals surface area (Å²) in [6, 6.07) is 3.98. The molecule has 1 aromatic carbocycles. The van der Waals surface area contributed by atoms with Crippen LogP contribution in [0.2, 0.25) is 5.02 Å². The van der Waals surface area contributed by atoms with Crippen molar-refractivity contribution in [1.82, 2.24) is 0 Å². The summed E-state index contributed by atoms with van der Waals surface area (Å²) in [4.78, 5) is 11.2. The van der Waals surface area contributed by atoms with Gasteiger partial charge in [-0.15, -0.1) is 0 Å². The minimum atomic E-state index is -0.144. The fourth-order valence-electron chi connectivity index (χ4n) is 1.58. The van der Waals surface area contributed by atoms with Crippen LogP contribution < -0.4 is 0 Å². The molecule has 0 spiro atoms. The third-order valence-electron chi connectivity index (χ3n) is 2.52. The summed E-state index contributed by atoms with van der Waals surface area (Å²) < 4.78 is 4.89. The van der Waals surface area contributed by atoms with Gasteiger partial charge in [-0.05, 0) is 49.9 Å². The minimum absolute atomic E-state index is 0.144. The fraction of sp³-hybridized carbons (Fsp3) is 0.462. The number of carbonyl (C=O) groups excluding carboxylic acids is 1. The maximum absolute atomic E-state index is 11.2. The smallest absolute Gasteiger partial charge is 0.306 e. The molecule has 0 saturated heterocycles. The summed E-state index contributed by atoms with van der Waals surface area (Å²) in [6.45, 7) is 6.23. The fourth-order valence-corrected chi connectivity index (χ4v) is 1.80. The van der Waals surface area contributed by atoms with Crippen LogP contribution in [0.5, 0.6) is 0 Å². The highest BCUT2D eigenvalue weighted by molar-refractivity contribution is 6.31. The number of halogens is 1. The van der Waals surface area contributed by atoms with E-state index in [4.69, 9.17) is 16.3 Å². The summed E-state index contributed by atoms with van der Waals surface area (Å²) in [7, 11) is 0. The van der Waals surface area contributed by atoms with Gasteiger partial charge in [0.2, 0.25) is 0 Å². The number of benzene rings is 1. The van der Waals surface area contributed by atoms with Crippen molar-refractivity contribution in [2.24, 2.45) is 0 Å². The van der Waals surface area contributed by atoms with E-state index in [9.17, 15) is 4.79 Å². The maximum Gasteiger partial charge on any atom is 0.306 e. The quantitative estimate of drug-likeness (QED) is 0.754. The van der Waals surface area contributed by atoms with Crippen LogP contribution in [0, 0.1) is 13.8 Å². The highest BCUT2D eigenvalue weighted by atomic mass is 35.5. The second-order valence-electron chi connectivity index (χ2n) is 3.83. The third-order valence-corrected chi connectivity index (χ3v) is 2.93. The van der Waals surface area contributed by atoms with Crippen LogP contribution in [0.3, 0.4) is 0 Å². The molecule has 0 N–H and O–H groups in total. The molecule has 16 heavy (non-hydrogen) atoms. The van der Waals surface area contributed by atoms with E-state index in [2.05, 4.69) is 0 Å². The molecule has 0 amide bonds. The Balaban J connectivity index is 2.67. The molecule has 0 aromatic heterocycles. The van der Waals surface area contributed by atoms with E-state index in [1.54, 1.807) is 0 Å². The first-order valence-electron chi connectivity index (χ1n) is 5.45. The molecule has 0 unspecified atom stereocenters. The van der Waals surface area contributed by atoms with E-state index in [1.165, 1.54) is 0 Å². The van der Waals surface area contributed by atoms with Crippen LogP contribution in [0.25, 0.3) is 0 Å². The first-order valence-corrected chi connectivity index (χ1v) is 5.83. The van der Waals surface area contributed by atoms with Crippen LogP contribution in [-0.4, -0.2) is 12.6 Å². The molecule has 3 heteroatoms. The average molecular weight is 241 g/mol. The molecule has 0 bridgehead atoms. The molecule has 0 saturated carbocycles. The van der Waals surface area contributed by atoms with Gasteiger partial charge in [0.05, 0.1) is 6.61 Å². The first kappa shape index (κ1) is 13.0. The number of ether oxygens (including phenoxy) is 1. The van der Waals surface area contributed by atoms with Crippen molar-refractivity contribution in [2.75, 3.05) is 6.61 Å². The van der Waals surface area contributed by atoms with Crippen LogP contribution in [-0.2, 0) is 16.0 Å².